The van der Waals surface area contributed by atoms with Crippen molar-refractivity contribution in [2.45, 2.75) is 89.3 Å². The molecule has 0 bridgehead atoms. The largest absolute Gasteiger partial charge is 0.376 e. The summed E-state index contributed by atoms with van der Waals surface area (Å²) in [4.78, 5) is 12.1. The number of hydrogen-bond donors (Lipinski definition) is 1. The molecule has 1 aliphatic carbocycles. The van der Waals surface area contributed by atoms with E-state index in [-0.39, 0.29) is 24.2 Å². The van der Waals surface area contributed by atoms with E-state index < -0.39 is 0 Å². The quantitative estimate of drug-likeness (QED) is 0.238. The molecular formula is C23H41NO4S2. The predicted octanol–water partition coefficient (Wildman–Crippen LogP) is 5.00. The minimum Gasteiger partial charge on any atom is -0.376 e. The lowest BCUT2D eigenvalue weighted by atomic mass is 9.78. The molecule has 1 heterocycles. The Morgan fingerprint density at radius 3 is 2.83 bits per heavy atom. The molecule has 0 aromatic rings. The molecule has 1 saturated heterocycles. The van der Waals surface area contributed by atoms with Gasteiger partial charge in [0.15, 0.2) is 0 Å². The first-order chi connectivity index (χ1) is 14.3. The molecule has 4 unspecified atom stereocenters. The van der Waals surface area contributed by atoms with Crippen molar-refractivity contribution in [2.75, 3.05) is 32.1 Å². The summed E-state index contributed by atoms with van der Waals surface area (Å²) in [5, 5.41) is 3.01. The van der Waals surface area contributed by atoms with Crippen LogP contribution in [0.1, 0.15) is 66.2 Å². The van der Waals surface area contributed by atoms with Gasteiger partial charge in [0.05, 0.1) is 19.3 Å². The Kier molecular flexibility index (Phi) is 11.6. The molecule has 0 aromatic heterocycles. The summed E-state index contributed by atoms with van der Waals surface area (Å²) in [5.74, 6) is 1.69. The van der Waals surface area contributed by atoms with Crippen LogP contribution >= 0.6 is 21.6 Å². The van der Waals surface area contributed by atoms with Crippen LogP contribution < -0.4 is 5.32 Å². The van der Waals surface area contributed by atoms with E-state index in [0.29, 0.717) is 43.5 Å². The van der Waals surface area contributed by atoms with Crippen molar-refractivity contribution in [3.8, 4) is 0 Å². The lowest BCUT2D eigenvalue weighted by Gasteiger charge is -2.39. The van der Waals surface area contributed by atoms with Gasteiger partial charge in [-0.3, -0.25) is 4.79 Å². The summed E-state index contributed by atoms with van der Waals surface area (Å²) in [6, 6.07) is 0. The number of carbonyl (C=O) groups excluding carboxylic acids is 1. The Hall–Kier alpha value is -0.210. The molecule has 2 aliphatic rings. The van der Waals surface area contributed by atoms with Gasteiger partial charge in [-0.25, -0.2) is 0 Å². The highest BCUT2D eigenvalue weighted by atomic mass is 33.1. The van der Waals surface area contributed by atoms with Gasteiger partial charge in [0.2, 0.25) is 5.91 Å². The molecule has 4 atom stereocenters. The zero-order valence-electron chi connectivity index (χ0n) is 19.2. The fourth-order valence-electron chi connectivity index (χ4n) is 4.26. The number of rotatable bonds is 13. The average Bonchev–Trinajstić information content (AvgIpc) is 3.10. The van der Waals surface area contributed by atoms with Gasteiger partial charge in [-0.05, 0) is 51.9 Å². The molecule has 174 valence electrons. The van der Waals surface area contributed by atoms with Crippen molar-refractivity contribution in [1.29, 1.82) is 0 Å². The second kappa shape index (κ2) is 13.4. The van der Waals surface area contributed by atoms with Crippen LogP contribution in [0, 0.1) is 5.92 Å². The highest BCUT2D eigenvalue weighted by Gasteiger charge is 2.35. The molecule has 5 nitrogen and oxygen atoms in total. The Bertz CT molecular complexity index is 545. The van der Waals surface area contributed by atoms with Crippen LogP contribution in [0.2, 0.25) is 0 Å². The van der Waals surface area contributed by atoms with Crippen molar-refractivity contribution >= 4 is 27.5 Å². The maximum atomic E-state index is 12.1. The molecule has 1 saturated carbocycles. The summed E-state index contributed by atoms with van der Waals surface area (Å²) in [6.07, 6.45) is 6.26. The van der Waals surface area contributed by atoms with Gasteiger partial charge in [0.25, 0.3) is 0 Å². The number of nitrogens with one attached hydrogen (secondary N) is 1. The van der Waals surface area contributed by atoms with Crippen molar-refractivity contribution in [3.05, 3.63) is 12.2 Å². The summed E-state index contributed by atoms with van der Waals surface area (Å²) in [5.41, 5.74) is 1.38. The van der Waals surface area contributed by atoms with E-state index in [1.54, 1.807) is 0 Å². The van der Waals surface area contributed by atoms with E-state index in [0.717, 1.165) is 31.4 Å². The molecule has 30 heavy (non-hydrogen) atoms. The van der Waals surface area contributed by atoms with E-state index in [1.807, 2.05) is 35.4 Å². The highest BCUT2D eigenvalue weighted by Crippen LogP contribution is 2.50. The van der Waals surface area contributed by atoms with Crippen LogP contribution in [0.15, 0.2) is 12.2 Å². The van der Waals surface area contributed by atoms with Gasteiger partial charge in [-0.15, -0.1) is 0 Å². The second-order valence-electron chi connectivity index (χ2n) is 9.01. The Balaban J connectivity index is 1.52. The van der Waals surface area contributed by atoms with Crippen molar-refractivity contribution in [1.82, 2.24) is 5.32 Å². The number of allylic oxidation sites excluding steroid dienone is 1. The first kappa shape index (κ1) is 26.0. The molecule has 7 heteroatoms. The van der Waals surface area contributed by atoms with Crippen LogP contribution in [0.25, 0.3) is 0 Å². The smallest absolute Gasteiger partial charge is 0.220 e. The Morgan fingerprint density at radius 1 is 1.37 bits per heavy atom. The standard InChI is InChI=1S/C23H41NO4S2/c1-6-23(13-18(4)12-19(5)14-23)30-29-11-8-22(25)24-9-7-10-27-20-15-26-16-21(20)28-17(2)3/h17,19-21H,4,6-16H2,1-3,5H3,(H,24,25). The zero-order chi connectivity index (χ0) is 22.0. The van der Waals surface area contributed by atoms with E-state index in [1.165, 1.54) is 12.0 Å². The molecule has 1 N–H and O–H groups in total. The van der Waals surface area contributed by atoms with Crippen LogP contribution in [0.3, 0.4) is 0 Å². The van der Waals surface area contributed by atoms with Crippen LogP contribution in [0.5, 0.6) is 0 Å². The second-order valence-corrected chi connectivity index (χ2v) is 11.9. The van der Waals surface area contributed by atoms with Gasteiger partial charge >= 0.3 is 0 Å². The fourth-order valence-corrected chi connectivity index (χ4v) is 7.58. The summed E-state index contributed by atoms with van der Waals surface area (Å²) in [6.45, 7) is 15.3. The SMILES string of the molecule is C=C1CC(C)CC(CC)(SSCCC(=O)NCCCOC2COCC2OC(C)C)C1. The topological polar surface area (TPSA) is 56.8 Å². The maximum Gasteiger partial charge on any atom is 0.220 e. The monoisotopic (exact) mass is 459 g/mol. The lowest BCUT2D eigenvalue weighted by Crippen LogP contribution is -2.33. The minimum atomic E-state index is 0.000926. The summed E-state index contributed by atoms with van der Waals surface area (Å²) >= 11 is 0. The Labute approximate surface area is 191 Å². The van der Waals surface area contributed by atoms with E-state index in [2.05, 4.69) is 25.7 Å². The van der Waals surface area contributed by atoms with Crippen LogP contribution in [-0.2, 0) is 19.0 Å². The minimum absolute atomic E-state index is 0.000926. The highest BCUT2D eigenvalue weighted by molar-refractivity contribution is 8.77. The van der Waals surface area contributed by atoms with Crippen molar-refractivity contribution in [2.24, 2.45) is 5.92 Å². The summed E-state index contributed by atoms with van der Waals surface area (Å²) in [7, 11) is 3.82. The zero-order valence-corrected chi connectivity index (χ0v) is 20.9. The lowest BCUT2D eigenvalue weighted by molar-refractivity contribution is -0.120. The van der Waals surface area contributed by atoms with E-state index in [9.17, 15) is 4.79 Å². The van der Waals surface area contributed by atoms with Gasteiger partial charge in [0.1, 0.15) is 12.2 Å². The predicted molar refractivity (Wildman–Crippen MR) is 128 cm³/mol. The average molecular weight is 460 g/mol. The molecule has 1 aliphatic heterocycles. The normalized spacial score (nSPS) is 29.5. The Morgan fingerprint density at radius 2 is 2.13 bits per heavy atom. The van der Waals surface area contributed by atoms with Crippen molar-refractivity contribution < 1.29 is 19.0 Å². The van der Waals surface area contributed by atoms with Crippen molar-refractivity contribution in [3.63, 3.8) is 0 Å². The number of hydrogen-bond acceptors (Lipinski definition) is 6. The third-order valence-corrected chi connectivity index (χ3v) is 8.98. The fraction of sp³-hybridized carbons (Fsp3) is 0.870. The molecule has 2 fully saturated rings. The van der Waals surface area contributed by atoms with Crippen LogP contribution in [-0.4, -0.2) is 61.1 Å². The molecule has 0 spiro atoms. The molecular weight excluding hydrogens is 418 g/mol. The van der Waals surface area contributed by atoms with E-state index in [4.69, 9.17) is 14.2 Å². The van der Waals surface area contributed by atoms with Gasteiger partial charge < -0.3 is 19.5 Å². The number of amides is 1. The van der Waals surface area contributed by atoms with Crippen LogP contribution in [0.4, 0.5) is 0 Å². The molecule has 0 aromatic carbocycles. The van der Waals surface area contributed by atoms with E-state index >= 15 is 0 Å². The number of carbonyl (C=O) groups is 1. The van der Waals surface area contributed by atoms with Gasteiger partial charge in [-0.2, -0.15) is 0 Å². The first-order valence-electron chi connectivity index (χ1n) is 11.4. The third kappa shape index (κ3) is 9.11. The number of ether oxygens (including phenoxy) is 3. The van der Waals surface area contributed by atoms with Gasteiger partial charge in [0, 0.05) is 30.1 Å². The maximum absolute atomic E-state index is 12.1. The third-order valence-electron chi connectivity index (χ3n) is 5.62. The summed E-state index contributed by atoms with van der Waals surface area (Å²) < 4.78 is 17.5. The first-order valence-corrected chi connectivity index (χ1v) is 13.7. The van der Waals surface area contributed by atoms with Gasteiger partial charge in [-0.1, -0.05) is 47.6 Å². The molecule has 1 amide bonds. The molecule has 0 radical (unpaired) electrons. The molecule has 2 rings (SSSR count).